The lowest BCUT2D eigenvalue weighted by Gasteiger charge is -2.24. The minimum absolute atomic E-state index is 0.239. The highest BCUT2D eigenvalue weighted by molar-refractivity contribution is 7.14. The van der Waals surface area contributed by atoms with Gasteiger partial charge in [-0.2, -0.15) is 0 Å². The Bertz CT molecular complexity index is 837. The third-order valence-corrected chi connectivity index (χ3v) is 5.40. The van der Waals surface area contributed by atoms with Gasteiger partial charge in [0.25, 0.3) is 11.8 Å². The van der Waals surface area contributed by atoms with Gasteiger partial charge in [0.1, 0.15) is 0 Å². The molecular weight excluding hydrogens is 350 g/mol. The maximum absolute atomic E-state index is 14.4. The number of rotatable bonds is 4. The number of methoxy groups -OCH3 is 1. The molecule has 5 nitrogen and oxygen atoms in total. The number of likely N-dealkylation sites (tertiary alicyclic amines) is 1. The molecule has 1 saturated heterocycles. The monoisotopic (exact) mass is 366 g/mol. The molecule has 1 atom stereocenters. The van der Waals surface area contributed by atoms with E-state index in [-0.39, 0.29) is 11.6 Å². The van der Waals surface area contributed by atoms with Crippen LogP contribution in [0.25, 0.3) is 0 Å². The van der Waals surface area contributed by atoms with Gasteiger partial charge in [-0.1, -0.05) is 0 Å². The Morgan fingerprint density at radius 3 is 2.68 bits per heavy atom. The first-order valence-corrected chi connectivity index (χ1v) is 8.48. The molecule has 25 heavy (non-hydrogen) atoms. The number of benzene rings is 1. The molecule has 2 aromatic rings. The zero-order chi connectivity index (χ0) is 18.1. The Morgan fingerprint density at radius 2 is 2.04 bits per heavy atom. The zero-order valence-corrected chi connectivity index (χ0v) is 14.2. The fourth-order valence-electron chi connectivity index (χ4n) is 3.01. The number of nitrogens with two attached hydrogens (primary N) is 1. The summed E-state index contributed by atoms with van der Waals surface area (Å²) in [4.78, 5) is 26.8. The second-order valence-corrected chi connectivity index (χ2v) is 6.78. The van der Waals surface area contributed by atoms with E-state index in [2.05, 4.69) is 0 Å². The first-order valence-electron chi connectivity index (χ1n) is 7.66. The van der Waals surface area contributed by atoms with E-state index in [4.69, 9.17) is 10.5 Å². The number of hydrogen-bond acceptors (Lipinski definition) is 4. The van der Waals surface area contributed by atoms with Crippen LogP contribution in [0.15, 0.2) is 24.3 Å². The number of nitrogens with zero attached hydrogens (tertiary/aromatic N) is 1. The summed E-state index contributed by atoms with van der Waals surface area (Å²) in [5.74, 6) is -3.51. The largest absolute Gasteiger partial charge is 0.491 e. The summed E-state index contributed by atoms with van der Waals surface area (Å²) < 4.78 is 32.7. The molecule has 1 aromatic carbocycles. The number of carbonyl (C=O) groups excluding carboxylic acids is 2. The van der Waals surface area contributed by atoms with Crippen LogP contribution in [0.2, 0.25) is 0 Å². The summed E-state index contributed by atoms with van der Waals surface area (Å²) >= 11 is 1.22. The van der Waals surface area contributed by atoms with Gasteiger partial charge < -0.3 is 15.4 Å². The van der Waals surface area contributed by atoms with E-state index >= 15 is 0 Å². The molecule has 2 N–H and O–H groups in total. The second-order valence-electron chi connectivity index (χ2n) is 5.67. The molecule has 1 aliphatic heterocycles. The van der Waals surface area contributed by atoms with Gasteiger partial charge in [0.2, 0.25) is 0 Å². The molecule has 0 radical (unpaired) electrons. The van der Waals surface area contributed by atoms with Crippen LogP contribution in [0.3, 0.4) is 0 Å². The zero-order valence-electron chi connectivity index (χ0n) is 13.4. The summed E-state index contributed by atoms with van der Waals surface area (Å²) in [6.45, 7) is 0.451. The fraction of sp³-hybridized carbons (Fsp3) is 0.294. The van der Waals surface area contributed by atoms with Crippen LogP contribution < -0.4 is 10.5 Å². The third-order valence-electron chi connectivity index (χ3n) is 4.20. The lowest BCUT2D eigenvalue weighted by atomic mass is 10.1. The van der Waals surface area contributed by atoms with Crippen LogP contribution in [-0.2, 0) is 0 Å². The topological polar surface area (TPSA) is 72.6 Å². The SMILES string of the molecule is COc1c(F)ccc(C(=O)N2CCC[C@@H]2c2ccc(C(N)=O)s2)c1F. The molecule has 1 aromatic heterocycles. The summed E-state index contributed by atoms with van der Waals surface area (Å²) in [5, 5.41) is 0. The summed E-state index contributed by atoms with van der Waals surface area (Å²) in [5.41, 5.74) is 5.03. The molecule has 0 aliphatic carbocycles. The molecule has 0 bridgehead atoms. The highest BCUT2D eigenvalue weighted by Gasteiger charge is 2.34. The Hall–Kier alpha value is -2.48. The molecule has 0 unspecified atom stereocenters. The molecule has 1 aliphatic rings. The number of primary amides is 1. The van der Waals surface area contributed by atoms with Crippen molar-refractivity contribution in [1.29, 1.82) is 0 Å². The highest BCUT2D eigenvalue weighted by atomic mass is 32.1. The average Bonchev–Trinajstić information content (AvgIpc) is 3.23. The highest BCUT2D eigenvalue weighted by Crippen LogP contribution is 2.37. The number of hydrogen-bond donors (Lipinski definition) is 1. The van der Waals surface area contributed by atoms with Crippen molar-refractivity contribution in [2.24, 2.45) is 5.73 Å². The van der Waals surface area contributed by atoms with E-state index in [9.17, 15) is 18.4 Å². The number of thiophene rings is 1. The average molecular weight is 366 g/mol. The molecule has 0 spiro atoms. The van der Waals surface area contributed by atoms with Crippen molar-refractivity contribution in [3.63, 3.8) is 0 Å². The van der Waals surface area contributed by atoms with Crippen molar-refractivity contribution in [2.75, 3.05) is 13.7 Å². The lowest BCUT2D eigenvalue weighted by Crippen LogP contribution is -2.31. The molecule has 8 heteroatoms. The van der Waals surface area contributed by atoms with Gasteiger partial charge >= 0.3 is 0 Å². The van der Waals surface area contributed by atoms with Crippen LogP contribution >= 0.6 is 11.3 Å². The predicted octanol–water partition coefficient (Wildman–Crippen LogP) is 3.11. The molecule has 3 rings (SSSR count). The summed E-state index contributed by atoms with van der Waals surface area (Å²) in [7, 11) is 1.14. The van der Waals surface area contributed by atoms with Gasteiger partial charge in [-0.3, -0.25) is 9.59 Å². The van der Waals surface area contributed by atoms with E-state index < -0.39 is 29.2 Å². The van der Waals surface area contributed by atoms with Crippen LogP contribution in [0.1, 0.15) is 43.8 Å². The van der Waals surface area contributed by atoms with Gasteiger partial charge in [0.15, 0.2) is 17.4 Å². The lowest BCUT2D eigenvalue weighted by molar-refractivity contribution is 0.0732. The summed E-state index contributed by atoms with van der Waals surface area (Å²) in [6, 6.07) is 5.24. The number of halogens is 2. The minimum Gasteiger partial charge on any atom is -0.491 e. The minimum atomic E-state index is -1.01. The molecule has 1 fully saturated rings. The first kappa shape index (κ1) is 17.3. The van der Waals surface area contributed by atoms with E-state index in [1.54, 1.807) is 12.1 Å². The number of amides is 2. The van der Waals surface area contributed by atoms with Crippen LogP contribution in [-0.4, -0.2) is 30.4 Å². The van der Waals surface area contributed by atoms with Crippen molar-refractivity contribution in [3.8, 4) is 5.75 Å². The molecule has 132 valence electrons. The Labute approximate surface area is 147 Å². The van der Waals surface area contributed by atoms with Crippen molar-refractivity contribution in [2.45, 2.75) is 18.9 Å². The van der Waals surface area contributed by atoms with E-state index in [0.29, 0.717) is 17.8 Å². The second kappa shape index (κ2) is 6.79. The van der Waals surface area contributed by atoms with Crippen molar-refractivity contribution < 1.29 is 23.1 Å². The first-order chi connectivity index (χ1) is 11.9. The van der Waals surface area contributed by atoms with E-state index in [0.717, 1.165) is 30.5 Å². The maximum atomic E-state index is 14.4. The molecule has 2 heterocycles. The normalized spacial score (nSPS) is 16.9. The number of carbonyl (C=O) groups is 2. The quantitative estimate of drug-likeness (QED) is 0.904. The van der Waals surface area contributed by atoms with Crippen LogP contribution in [0, 0.1) is 11.6 Å². The van der Waals surface area contributed by atoms with Crippen LogP contribution in [0.4, 0.5) is 8.78 Å². The smallest absolute Gasteiger partial charge is 0.258 e. The van der Waals surface area contributed by atoms with Gasteiger partial charge in [0.05, 0.1) is 23.6 Å². The van der Waals surface area contributed by atoms with E-state index in [1.807, 2.05) is 0 Å². The van der Waals surface area contributed by atoms with Gasteiger partial charge in [-0.05, 0) is 37.1 Å². The van der Waals surface area contributed by atoms with E-state index in [1.165, 1.54) is 16.2 Å². The Balaban J connectivity index is 1.92. The predicted molar refractivity (Wildman–Crippen MR) is 88.8 cm³/mol. The van der Waals surface area contributed by atoms with Crippen molar-refractivity contribution >= 4 is 23.2 Å². The summed E-state index contributed by atoms with van der Waals surface area (Å²) in [6.07, 6.45) is 1.45. The molecule has 2 amide bonds. The third kappa shape index (κ3) is 3.09. The Kier molecular flexibility index (Phi) is 4.71. The standard InChI is InChI=1S/C17H16F2N2O3S/c1-24-15-10(18)5-4-9(14(15)19)17(23)21-8-2-3-11(21)12-6-7-13(25-12)16(20)22/h4-7,11H,2-3,8H2,1H3,(H2,20,22)/t11-/m1/s1. The van der Waals surface area contributed by atoms with Gasteiger partial charge in [-0.15, -0.1) is 11.3 Å². The Morgan fingerprint density at radius 1 is 1.28 bits per heavy atom. The molecule has 0 saturated carbocycles. The van der Waals surface area contributed by atoms with Gasteiger partial charge in [0, 0.05) is 11.4 Å². The molecular formula is C17H16F2N2O3S. The fourth-order valence-corrected chi connectivity index (χ4v) is 4.02. The number of ether oxygens (including phenoxy) is 1. The van der Waals surface area contributed by atoms with Gasteiger partial charge in [-0.25, -0.2) is 8.78 Å². The van der Waals surface area contributed by atoms with Crippen molar-refractivity contribution in [1.82, 2.24) is 4.90 Å². The maximum Gasteiger partial charge on any atom is 0.258 e. The van der Waals surface area contributed by atoms with Crippen molar-refractivity contribution in [3.05, 3.63) is 51.2 Å². The van der Waals surface area contributed by atoms with Crippen LogP contribution in [0.5, 0.6) is 5.75 Å².